The number of methoxy groups -OCH3 is 1. The molecule has 0 bridgehead atoms. The second-order valence-corrected chi connectivity index (χ2v) is 7.44. The molecule has 1 aromatic heterocycles. The summed E-state index contributed by atoms with van der Waals surface area (Å²) in [4.78, 5) is 41.8. The van der Waals surface area contributed by atoms with E-state index in [1.165, 1.54) is 11.7 Å². The summed E-state index contributed by atoms with van der Waals surface area (Å²) in [6.45, 7) is 1.71. The van der Waals surface area contributed by atoms with E-state index in [2.05, 4.69) is 4.98 Å². The smallest absolute Gasteiger partial charge is 0.353 e. The Balaban J connectivity index is 2.06. The van der Waals surface area contributed by atoms with Crippen molar-refractivity contribution in [2.75, 3.05) is 7.11 Å². The third kappa shape index (κ3) is 5.04. The second kappa shape index (κ2) is 9.54. The lowest BCUT2D eigenvalue weighted by Crippen LogP contribution is -2.45. The number of hydrogen-bond acceptors (Lipinski definition) is 5. The number of carbonyl (C=O) groups is 1. The van der Waals surface area contributed by atoms with Gasteiger partial charge in [0.2, 0.25) is 0 Å². The van der Waals surface area contributed by atoms with Crippen molar-refractivity contribution in [2.45, 2.75) is 26.4 Å². The normalized spacial score (nSPS) is 11.8. The zero-order chi connectivity index (χ0) is 21.7. The second-order valence-electron chi connectivity index (χ2n) is 7.00. The fourth-order valence-corrected chi connectivity index (χ4v) is 3.25. The van der Waals surface area contributed by atoms with Crippen LogP contribution in [0.5, 0.6) is 0 Å². The van der Waals surface area contributed by atoms with Gasteiger partial charge in [-0.3, -0.25) is 9.36 Å². The molecule has 0 saturated heterocycles. The first-order valence-corrected chi connectivity index (χ1v) is 9.83. The zero-order valence-electron chi connectivity index (χ0n) is 16.7. The maximum absolute atomic E-state index is 13.2. The van der Waals surface area contributed by atoms with Gasteiger partial charge in [0.25, 0.3) is 0 Å². The van der Waals surface area contributed by atoms with Gasteiger partial charge >= 0.3 is 17.3 Å². The number of ether oxygens (including phenoxy) is 1. The van der Waals surface area contributed by atoms with Crippen LogP contribution in [0.3, 0.4) is 0 Å². The van der Waals surface area contributed by atoms with Crippen LogP contribution in [0.4, 0.5) is 0 Å². The number of nitrogens with zero attached hydrogens (tertiary/aromatic N) is 3. The van der Waals surface area contributed by atoms with Crippen LogP contribution < -0.4 is 11.4 Å². The number of aromatic nitrogens is 3. The summed E-state index contributed by atoms with van der Waals surface area (Å²) >= 11 is 5.96. The average molecular weight is 428 g/mol. The molecule has 0 N–H and O–H groups in total. The van der Waals surface area contributed by atoms with Gasteiger partial charge < -0.3 is 4.74 Å². The molecule has 0 radical (unpaired) electrons. The van der Waals surface area contributed by atoms with Crippen molar-refractivity contribution in [3.8, 4) is 0 Å². The Morgan fingerprint density at radius 1 is 1.03 bits per heavy atom. The van der Waals surface area contributed by atoms with Gasteiger partial charge in [-0.15, -0.1) is 0 Å². The van der Waals surface area contributed by atoms with E-state index in [1.54, 1.807) is 19.1 Å². The van der Waals surface area contributed by atoms with Crippen molar-refractivity contribution >= 4 is 17.6 Å². The molecular weight excluding hydrogens is 406 g/mol. The molecular formula is C22H22ClN3O4. The lowest BCUT2D eigenvalue weighted by Gasteiger charge is -2.16. The molecule has 2 aromatic carbocycles. The molecule has 8 heteroatoms. The highest BCUT2D eigenvalue weighted by Crippen LogP contribution is 2.12. The minimum Gasteiger partial charge on any atom is -0.469 e. The molecule has 7 nitrogen and oxygen atoms in total. The first kappa shape index (κ1) is 21.5. The first-order chi connectivity index (χ1) is 14.4. The van der Waals surface area contributed by atoms with E-state index < -0.39 is 23.3 Å². The maximum atomic E-state index is 13.2. The molecule has 3 rings (SSSR count). The molecule has 1 heterocycles. The van der Waals surface area contributed by atoms with Crippen molar-refractivity contribution < 1.29 is 9.53 Å². The van der Waals surface area contributed by atoms with Gasteiger partial charge in [-0.2, -0.15) is 4.98 Å². The van der Waals surface area contributed by atoms with Gasteiger partial charge in [-0.05, 0) is 23.3 Å². The Morgan fingerprint density at radius 2 is 1.70 bits per heavy atom. The Morgan fingerprint density at radius 3 is 2.33 bits per heavy atom. The first-order valence-electron chi connectivity index (χ1n) is 9.45. The molecule has 1 atom stereocenters. The topological polar surface area (TPSA) is 83.2 Å². The average Bonchev–Trinajstić information content (AvgIpc) is 2.75. The Hall–Kier alpha value is -3.19. The summed E-state index contributed by atoms with van der Waals surface area (Å²) in [6, 6.07) is 16.6. The van der Waals surface area contributed by atoms with Crippen LogP contribution in [0.2, 0.25) is 5.02 Å². The van der Waals surface area contributed by atoms with Crippen LogP contribution in [0, 0.1) is 5.92 Å². The summed E-state index contributed by atoms with van der Waals surface area (Å²) in [5.41, 5.74) is 0.554. The zero-order valence-corrected chi connectivity index (χ0v) is 17.5. The van der Waals surface area contributed by atoms with Gasteiger partial charge in [0.15, 0.2) is 0 Å². The fourth-order valence-electron chi connectivity index (χ4n) is 3.12. The standard InChI is InChI=1S/C22H22ClN3O4/c1-15(20(27)30-2)13-26-21(28)24-19(12-16-6-4-3-5-7-16)25(22(26)29)14-17-8-10-18(23)11-9-17/h3-11,15H,12-14H2,1-2H3/t15-/m0/s1. The molecule has 0 spiro atoms. The lowest BCUT2D eigenvalue weighted by atomic mass is 10.1. The molecule has 0 aliphatic rings. The minimum absolute atomic E-state index is 0.108. The van der Waals surface area contributed by atoms with E-state index in [1.807, 2.05) is 42.5 Å². The molecule has 0 fully saturated rings. The van der Waals surface area contributed by atoms with Gasteiger partial charge in [-0.1, -0.05) is 61.0 Å². The van der Waals surface area contributed by atoms with Crippen molar-refractivity contribution in [3.05, 3.63) is 97.5 Å². The predicted molar refractivity (Wildman–Crippen MR) is 114 cm³/mol. The fraction of sp³-hybridized carbons (Fsp3) is 0.273. The summed E-state index contributed by atoms with van der Waals surface area (Å²) in [5.74, 6) is -0.807. The van der Waals surface area contributed by atoms with E-state index in [4.69, 9.17) is 16.3 Å². The van der Waals surface area contributed by atoms with Gasteiger partial charge in [0.05, 0.1) is 19.6 Å². The molecule has 0 unspecified atom stereocenters. The Bertz CT molecular complexity index is 1140. The van der Waals surface area contributed by atoms with Crippen LogP contribution in [0.15, 0.2) is 64.2 Å². The van der Waals surface area contributed by atoms with Crippen LogP contribution in [0.25, 0.3) is 0 Å². The Labute approximate surface area is 178 Å². The van der Waals surface area contributed by atoms with Crippen molar-refractivity contribution in [1.29, 1.82) is 0 Å². The van der Waals surface area contributed by atoms with Gasteiger partial charge in [0, 0.05) is 18.0 Å². The van der Waals surface area contributed by atoms with Crippen LogP contribution in [0.1, 0.15) is 23.9 Å². The third-order valence-corrected chi connectivity index (χ3v) is 5.00. The number of benzene rings is 2. The largest absolute Gasteiger partial charge is 0.469 e. The molecule has 0 aliphatic carbocycles. The third-order valence-electron chi connectivity index (χ3n) is 4.75. The van der Waals surface area contributed by atoms with Crippen LogP contribution >= 0.6 is 11.6 Å². The highest BCUT2D eigenvalue weighted by atomic mass is 35.5. The molecule has 3 aromatic rings. The van der Waals surface area contributed by atoms with Crippen molar-refractivity contribution in [1.82, 2.24) is 14.1 Å². The molecule has 0 aliphatic heterocycles. The Kier molecular flexibility index (Phi) is 6.84. The van der Waals surface area contributed by atoms with E-state index >= 15 is 0 Å². The number of esters is 1. The lowest BCUT2D eigenvalue weighted by molar-refractivity contribution is -0.145. The number of carbonyl (C=O) groups excluding carboxylic acids is 1. The van der Waals surface area contributed by atoms with E-state index in [0.29, 0.717) is 17.3 Å². The monoisotopic (exact) mass is 427 g/mol. The van der Waals surface area contributed by atoms with E-state index in [-0.39, 0.29) is 13.1 Å². The number of halogens is 1. The summed E-state index contributed by atoms with van der Waals surface area (Å²) in [5, 5.41) is 0.589. The van der Waals surface area contributed by atoms with Crippen molar-refractivity contribution in [2.24, 2.45) is 5.92 Å². The summed E-state index contributed by atoms with van der Waals surface area (Å²) in [6.07, 6.45) is 0.326. The number of rotatable bonds is 7. The summed E-state index contributed by atoms with van der Waals surface area (Å²) < 4.78 is 7.15. The van der Waals surface area contributed by atoms with Crippen molar-refractivity contribution in [3.63, 3.8) is 0 Å². The molecule has 0 saturated carbocycles. The quantitative estimate of drug-likeness (QED) is 0.541. The van der Waals surface area contributed by atoms with E-state index in [9.17, 15) is 14.4 Å². The minimum atomic E-state index is -0.686. The highest BCUT2D eigenvalue weighted by molar-refractivity contribution is 6.30. The SMILES string of the molecule is COC(=O)[C@@H](C)Cn1c(=O)nc(Cc2ccccc2)n(Cc2ccc(Cl)cc2)c1=O. The molecule has 156 valence electrons. The van der Waals surface area contributed by atoms with E-state index in [0.717, 1.165) is 15.7 Å². The maximum Gasteiger partial charge on any atom is 0.353 e. The van der Waals surface area contributed by atoms with Crippen LogP contribution in [-0.2, 0) is 29.0 Å². The number of hydrogen-bond donors (Lipinski definition) is 0. The van der Waals surface area contributed by atoms with Gasteiger partial charge in [0.1, 0.15) is 5.82 Å². The highest BCUT2D eigenvalue weighted by Gasteiger charge is 2.20. The summed E-state index contributed by atoms with van der Waals surface area (Å²) in [7, 11) is 1.27. The van der Waals surface area contributed by atoms with Gasteiger partial charge in [-0.25, -0.2) is 14.2 Å². The molecule has 0 amide bonds. The van der Waals surface area contributed by atoms with Crippen LogP contribution in [-0.4, -0.2) is 27.2 Å². The predicted octanol–water partition coefficient (Wildman–Crippen LogP) is 2.51. The molecule has 30 heavy (non-hydrogen) atoms.